The molecule has 1 nitrogen and oxygen atoms in total. The molecule has 11 rings (SSSR count). The first kappa shape index (κ1) is 31.6. The Kier molecular flexibility index (Phi) is 7.06. The second kappa shape index (κ2) is 12.3. The van der Waals surface area contributed by atoms with Crippen molar-refractivity contribution in [3.63, 3.8) is 0 Å². The molecule has 2 unspecified atom stereocenters. The van der Waals surface area contributed by atoms with E-state index < -0.39 is 10.8 Å². The lowest BCUT2D eigenvalue weighted by Gasteiger charge is -2.49. The summed E-state index contributed by atoms with van der Waals surface area (Å²) in [6, 6.07) is 83.2. The van der Waals surface area contributed by atoms with E-state index in [9.17, 15) is 0 Å². The van der Waals surface area contributed by atoms with Crippen LogP contribution in [0.25, 0.3) is 21.9 Å². The van der Waals surface area contributed by atoms with Crippen LogP contribution in [0.5, 0.6) is 0 Å². The highest BCUT2D eigenvalue weighted by molar-refractivity contribution is 5.92. The SMILES string of the molecule is c1ccc(N(c2ccc(C3(c4ccccc4)c4ccccc4C4(c5ccccc5)c5ccccc5-c5cccc3c54)cc2)c2ccc3ccccc3c2)cc1. The van der Waals surface area contributed by atoms with Crippen molar-refractivity contribution < 1.29 is 0 Å². The van der Waals surface area contributed by atoms with Crippen molar-refractivity contribution in [2.24, 2.45) is 0 Å². The second-order valence-corrected chi connectivity index (χ2v) is 14.8. The first-order valence-corrected chi connectivity index (χ1v) is 19.2. The summed E-state index contributed by atoms with van der Waals surface area (Å²) in [5, 5.41) is 2.46. The van der Waals surface area contributed by atoms with Crippen LogP contribution in [0.15, 0.2) is 224 Å². The largest absolute Gasteiger partial charge is 0.310 e. The average molecular weight is 700 g/mol. The van der Waals surface area contributed by atoms with E-state index in [2.05, 4.69) is 229 Å². The van der Waals surface area contributed by atoms with Crippen LogP contribution in [0.1, 0.15) is 44.5 Å². The molecule has 258 valence electrons. The standard InChI is InChI=1S/C54H37N/c1-4-19-40(20-5-1)53(42-32-35-44(36-33-42)55(43-23-8-3-9-24-43)45-34-31-38-17-10-11-18-39(38)37-45)49-28-14-15-29-50(49)54(41-21-6-2-7-22-41)48-27-13-12-25-46(48)47-26-16-30-51(53)52(47)54/h1-37H. The normalized spacial score (nSPS) is 17.6. The van der Waals surface area contributed by atoms with Gasteiger partial charge < -0.3 is 4.90 Å². The number of hydrogen-bond donors (Lipinski definition) is 0. The van der Waals surface area contributed by atoms with Crippen molar-refractivity contribution >= 4 is 27.8 Å². The number of para-hydroxylation sites is 1. The van der Waals surface area contributed by atoms with Crippen LogP contribution in [0.2, 0.25) is 0 Å². The molecule has 0 bridgehead atoms. The third kappa shape index (κ3) is 4.41. The Balaban J connectivity index is 1.20. The van der Waals surface area contributed by atoms with Gasteiger partial charge in [0.25, 0.3) is 0 Å². The molecular formula is C54H37N. The van der Waals surface area contributed by atoms with Gasteiger partial charge in [-0.1, -0.05) is 188 Å². The topological polar surface area (TPSA) is 3.24 Å². The molecule has 2 aliphatic carbocycles. The fourth-order valence-corrected chi connectivity index (χ4v) is 10.1. The Morgan fingerprint density at radius 2 is 0.745 bits per heavy atom. The van der Waals surface area contributed by atoms with Crippen molar-refractivity contribution in [2.75, 3.05) is 4.90 Å². The lowest BCUT2D eigenvalue weighted by atomic mass is 9.52. The minimum Gasteiger partial charge on any atom is -0.310 e. The minimum absolute atomic E-state index is 0.460. The van der Waals surface area contributed by atoms with Crippen molar-refractivity contribution in [3.8, 4) is 11.1 Å². The molecule has 0 amide bonds. The molecule has 0 saturated carbocycles. The summed E-state index contributed by atoms with van der Waals surface area (Å²) in [6.45, 7) is 0. The summed E-state index contributed by atoms with van der Waals surface area (Å²) in [6.07, 6.45) is 0. The van der Waals surface area contributed by atoms with Crippen LogP contribution in [0, 0.1) is 0 Å². The third-order valence-corrected chi connectivity index (χ3v) is 12.2. The van der Waals surface area contributed by atoms with Crippen molar-refractivity contribution in [2.45, 2.75) is 10.8 Å². The molecule has 9 aromatic rings. The van der Waals surface area contributed by atoms with Gasteiger partial charge in [0, 0.05) is 17.1 Å². The van der Waals surface area contributed by atoms with E-state index in [1.165, 1.54) is 66.4 Å². The molecule has 0 heterocycles. The molecule has 0 radical (unpaired) electrons. The Hall–Kier alpha value is -6.96. The Morgan fingerprint density at radius 3 is 1.45 bits per heavy atom. The van der Waals surface area contributed by atoms with Crippen molar-refractivity contribution in [1.29, 1.82) is 0 Å². The molecule has 0 spiro atoms. The van der Waals surface area contributed by atoms with Crippen LogP contribution in [0.3, 0.4) is 0 Å². The minimum atomic E-state index is -0.581. The first-order chi connectivity index (χ1) is 27.3. The number of nitrogens with zero attached hydrogens (tertiary/aromatic N) is 1. The van der Waals surface area contributed by atoms with E-state index in [1.807, 2.05) is 0 Å². The monoisotopic (exact) mass is 699 g/mol. The average Bonchev–Trinajstić information content (AvgIpc) is 3.57. The third-order valence-electron chi connectivity index (χ3n) is 12.2. The molecule has 2 atom stereocenters. The second-order valence-electron chi connectivity index (χ2n) is 14.8. The first-order valence-electron chi connectivity index (χ1n) is 19.2. The van der Waals surface area contributed by atoms with E-state index in [0.29, 0.717) is 0 Å². The number of fused-ring (bicyclic) bond motifs is 6. The van der Waals surface area contributed by atoms with Gasteiger partial charge in [0.15, 0.2) is 0 Å². The van der Waals surface area contributed by atoms with Gasteiger partial charge in [-0.2, -0.15) is 0 Å². The van der Waals surface area contributed by atoms with Crippen LogP contribution >= 0.6 is 0 Å². The van der Waals surface area contributed by atoms with Crippen molar-refractivity contribution in [3.05, 3.63) is 269 Å². The van der Waals surface area contributed by atoms with Gasteiger partial charge >= 0.3 is 0 Å². The van der Waals surface area contributed by atoms with E-state index in [-0.39, 0.29) is 0 Å². The maximum Gasteiger partial charge on any atom is 0.0720 e. The Morgan fingerprint density at radius 1 is 0.273 bits per heavy atom. The predicted molar refractivity (Wildman–Crippen MR) is 228 cm³/mol. The quantitative estimate of drug-likeness (QED) is 0.167. The van der Waals surface area contributed by atoms with E-state index in [1.54, 1.807) is 0 Å². The van der Waals surface area contributed by atoms with Crippen LogP contribution in [0.4, 0.5) is 17.1 Å². The van der Waals surface area contributed by atoms with Gasteiger partial charge in [0.1, 0.15) is 0 Å². The van der Waals surface area contributed by atoms with Gasteiger partial charge in [0.05, 0.1) is 10.8 Å². The molecule has 55 heavy (non-hydrogen) atoms. The van der Waals surface area contributed by atoms with E-state index in [4.69, 9.17) is 0 Å². The van der Waals surface area contributed by atoms with Gasteiger partial charge in [-0.25, -0.2) is 0 Å². The fourth-order valence-electron chi connectivity index (χ4n) is 10.1. The maximum atomic E-state index is 2.41. The number of hydrogen-bond acceptors (Lipinski definition) is 1. The summed E-state index contributed by atoms with van der Waals surface area (Å²) in [4.78, 5) is 2.37. The number of rotatable bonds is 6. The van der Waals surface area contributed by atoms with Gasteiger partial charge in [-0.15, -0.1) is 0 Å². The highest BCUT2D eigenvalue weighted by Gasteiger charge is 2.57. The molecule has 0 aliphatic heterocycles. The molecule has 0 saturated heterocycles. The van der Waals surface area contributed by atoms with Crippen LogP contribution in [-0.4, -0.2) is 0 Å². The molecule has 0 N–H and O–H groups in total. The molecular weight excluding hydrogens is 663 g/mol. The maximum absolute atomic E-state index is 2.41. The molecule has 0 fully saturated rings. The summed E-state index contributed by atoms with van der Waals surface area (Å²) in [5.74, 6) is 0. The van der Waals surface area contributed by atoms with Gasteiger partial charge in [0.2, 0.25) is 0 Å². The highest BCUT2D eigenvalue weighted by atomic mass is 15.1. The summed E-state index contributed by atoms with van der Waals surface area (Å²) in [7, 11) is 0. The highest BCUT2D eigenvalue weighted by Crippen LogP contribution is 2.65. The van der Waals surface area contributed by atoms with Crippen molar-refractivity contribution in [1.82, 2.24) is 0 Å². The summed E-state index contributed by atoms with van der Waals surface area (Å²) >= 11 is 0. The Labute approximate surface area is 322 Å². The zero-order valence-corrected chi connectivity index (χ0v) is 30.3. The lowest BCUT2D eigenvalue weighted by molar-refractivity contribution is 0.626. The smallest absolute Gasteiger partial charge is 0.0720 e. The van der Waals surface area contributed by atoms with Crippen LogP contribution < -0.4 is 4.90 Å². The van der Waals surface area contributed by atoms with Gasteiger partial charge in [-0.3, -0.25) is 0 Å². The fraction of sp³-hybridized carbons (Fsp3) is 0.0370. The van der Waals surface area contributed by atoms with Crippen LogP contribution in [-0.2, 0) is 10.8 Å². The molecule has 1 heteroatoms. The predicted octanol–water partition coefficient (Wildman–Crippen LogP) is 13.4. The Bertz CT molecular complexity index is 2860. The summed E-state index contributed by atoms with van der Waals surface area (Å²) < 4.78 is 0. The zero-order valence-electron chi connectivity index (χ0n) is 30.3. The number of benzene rings is 9. The molecule has 9 aromatic carbocycles. The molecule has 0 aromatic heterocycles. The van der Waals surface area contributed by atoms with E-state index >= 15 is 0 Å². The molecule has 2 aliphatic rings. The summed E-state index contributed by atoms with van der Waals surface area (Å²) in [5.41, 5.74) is 15.5. The number of anilines is 3. The lowest BCUT2D eigenvalue weighted by Crippen LogP contribution is -2.44. The van der Waals surface area contributed by atoms with Gasteiger partial charge in [-0.05, 0) is 103 Å². The zero-order chi connectivity index (χ0) is 36.4. The van der Waals surface area contributed by atoms with E-state index in [0.717, 1.165) is 17.1 Å².